The van der Waals surface area contributed by atoms with E-state index in [2.05, 4.69) is 15.5 Å². The minimum absolute atomic E-state index is 0.0958. The highest BCUT2D eigenvalue weighted by Gasteiger charge is 2.11. The summed E-state index contributed by atoms with van der Waals surface area (Å²) in [5, 5.41) is 11.3. The van der Waals surface area contributed by atoms with Crippen molar-refractivity contribution in [3.05, 3.63) is 71.1 Å². The van der Waals surface area contributed by atoms with Crippen LogP contribution >= 0.6 is 11.8 Å². The standard InChI is InChI=1S/C19H19N3O2S/c1-13-7-6-10-16(14(13)2)20-17(23)12-25-19-22-21-18(24-19)11-15-8-4-3-5-9-15/h3-10H,11-12H2,1-2H3,(H,20,23). The smallest absolute Gasteiger partial charge is 0.277 e. The Balaban J connectivity index is 1.53. The Morgan fingerprint density at radius 1 is 1.08 bits per heavy atom. The minimum atomic E-state index is -0.0958. The van der Waals surface area contributed by atoms with Crippen LogP contribution in [0, 0.1) is 13.8 Å². The van der Waals surface area contributed by atoms with Crippen LogP contribution in [-0.2, 0) is 11.2 Å². The zero-order chi connectivity index (χ0) is 17.6. The maximum Gasteiger partial charge on any atom is 0.277 e. The first-order valence-corrected chi connectivity index (χ1v) is 8.95. The second kappa shape index (κ2) is 7.98. The molecule has 1 N–H and O–H groups in total. The molecule has 0 spiro atoms. The number of nitrogens with one attached hydrogen (secondary N) is 1. The topological polar surface area (TPSA) is 68.0 Å². The molecule has 0 aliphatic heterocycles. The third kappa shape index (κ3) is 4.70. The maximum atomic E-state index is 12.1. The largest absolute Gasteiger partial charge is 0.416 e. The van der Waals surface area contributed by atoms with Crippen molar-refractivity contribution in [2.45, 2.75) is 25.5 Å². The van der Waals surface area contributed by atoms with Gasteiger partial charge in [0.25, 0.3) is 5.22 Å². The normalized spacial score (nSPS) is 10.6. The summed E-state index contributed by atoms with van der Waals surface area (Å²) >= 11 is 1.24. The molecular formula is C19H19N3O2S. The highest BCUT2D eigenvalue weighted by molar-refractivity contribution is 7.99. The number of aromatic nitrogens is 2. The average molecular weight is 353 g/mol. The van der Waals surface area contributed by atoms with Gasteiger partial charge in [0.1, 0.15) is 0 Å². The van der Waals surface area contributed by atoms with Gasteiger partial charge in [-0.15, -0.1) is 10.2 Å². The number of benzene rings is 2. The van der Waals surface area contributed by atoms with Gasteiger partial charge in [-0.1, -0.05) is 54.2 Å². The van der Waals surface area contributed by atoms with Crippen molar-refractivity contribution in [1.82, 2.24) is 10.2 Å². The number of carbonyl (C=O) groups excluding carboxylic acids is 1. The first-order valence-electron chi connectivity index (χ1n) is 7.97. The molecule has 128 valence electrons. The third-order valence-corrected chi connectivity index (χ3v) is 4.67. The number of anilines is 1. The van der Waals surface area contributed by atoms with Crippen LogP contribution in [0.15, 0.2) is 58.2 Å². The number of amides is 1. The molecule has 0 aliphatic rings. The van der Waals surface area contributed by atoms with Gasteiger partial charge in [-0.25, -0.2) is 0 Å². The molecule has 0 atom stereocenters. The molecule has 6 heteroatoms. The second-order valence-electron chi connectivity index (χ2n) is 5.71. The fourth-order valence-electron chi connectivity index (χ4n) is 2.34. The van der Waals surface area contributed by atoms with Gasteiger partial charge < -0.3 is 9.73 Å². The number of hydrogen-bond acceptors (Lipinski definition) is 5. The molecule has 3 rings (SSSR count). The molecule has 0 saturated heterocycles. The highest BCUT2D eigenvalue weighted by Crippen LogP contribution is 2.20. The number of nitrogens with zero attached hydrogens (tertiary/aromatic N) is 2. The first kappa shape index (κ1) is 17.2. The Labute approximate surface area is 150 Å². The van der Waals surface area contributed by atoms with Crippen LogP contribution < -0.4 is 5.32 Å². The van der Waals surface area contributed by atoms with Crippen LogP contribution in [0.5, 0.6) is 0 Å². The molecule has 0 aliphatic carbocycles. The van der Waals surface area contributed by atoms with Gasteiger partial charge in [0, 0.05) is 5.69 Å². The van der Waals surface area contributed by atoms with E-state index in [-0.39, 0.29) is 11.7 Å². The summed E-state index contributed by atoms with van der Waals surface area (Å²) in [6, 6.07) is 15.8. The predicted molar refractivity (Wildman–Crippen MR) is 98.8 cm³/mol. The minimum Gasteiger partial charge on any atom is -0.416 e. The third-order valence-electron chi connectivity index (χ3n) is 3.85. The van der Waals surface area contributed by atoms with Crippen LogP contribution in [0.2, 0.25) is 0 Å². The van der Waals surface area contributed by atoms with E-state index in [0.29, 0.717) is 17.5 Å². The summed E-state index contributed by atoms with van der Waals surface area (Å²) in [5.41, 5.74) is 4.16. The van der Waals surface area contributed by atoms with Crippen molar-refractivity contribution in [2.24, 2.45) is 0 Å². The number of carbonyl (C=O) groups is 1. The Hall–Kier alpha value is -2.60. The van der Waals surface area contributed by atoms with Gasteiger partial charge in [-0.3, -0.25) is 4.79 Å². The molecule has 1 heterocycles. The molecule has 2 aromatic carbocycles. The number of hydrogen-bond donors (Lipinski definition) is 1. The monoisotopic (exact) mass is 353 g/mol. The second-order valence-corrected chi connectivity index (χ2v) is 6.63. The quantitative estimate of drug-likeness (QED) is 0.678. The lowest BCUT2D eigenvalue weighted by atomic mass is 10.1. The van der Waals surface area contributed by atoms with Crippen molar-refractivity contribution in [3.63, 3.8) is 0 Å². The summed E-state index contributed by atoms with van der Waals surface area (Å²) < 4.78 is 5.59. The van der Waals surface area contributed by atoms with Crippen LogP contribution in [0.25, 0.3) is 0 Å². The molecule has 1 amide bonds. The van der Waals surface area contributed by atoms with Gasteiger partial charge in [0.2, 0.25) is 11.8 Å². The van der Waals surface area contributed by atoms with E-state index in [4.69, 9.17) is 4.42 Å². The van der Waals surface area contributed by atoms with Crippen molar-refractivity contribution in [1.29, 1.82) is 0 Å². The van der Waals surface area contributed by atoms with Gasteiger partial charge in [0.05, 0.1) is 12.2 Å². The van der Waals surface area contributed by atoms with E-state index in [9.17, 15) is 4.79 Å². The molecule has 0 saturated carbocycles. The average Bonchev–Trinajstić information content (AvgIpc) is 3.05. The van der Waals surface area contributed by atoms with E-state index in [1.807, 2.05) is 62.4 Å². The van der Waals surface area contributed by atoms with Gasteiger partial charge in [0.15, 0.2) is 0 Å². The molecule has 25 heavy (non-hydrogen) atoms. The molecule has 0 unspecified atom stereocenters. The summed E-state index contributed by atoms with van der Waals surface area (Å²) in [6.45, 7) is 4.01. The van der Waals surface area contributed by atoms with Crippen LogP contribution in [0.3, 0.4) is 0 Å². The predicted octanol–water partition coefficient (Wildman–Crippen LogP) is 4.01. The number of thioether (sulfide) groups is 1. The Morgan fingerprint density at radius 2 is 1.88 bits per heavy atom. The van der Waals surface area contributed by atoms with Gasteiger partial charge in [-0.05, 0) is 36.6 Å². The molecular weight excluding hydrogens is 334 g/mol. The zero-order valence-electron chi connectivity index (χ0n) is 14.2. The Kier molecular flexibility index (Phi) is 5.50. The number of aryl methyl sites for hydroxylation is 1. The molecule has 0 fully saturated rings. The molecule has 1 aromatic heterocycles. The fourth-order valence-corrected chi connectivity index (χ4v) is 2.92. The van der Waals surface area contributed by atoms with Crippen LogP contribution in [0.1, 0.15) is 22.6 Å². The van der Waals surface area contributed by atoms with E-state index in [1.165, 1.54) is 11.8 Å². The van der Waals surface area contributed by atoms with Gasteiger partial charge >= 0.3 is 0 Å². The lowest BCUT2D eigenvalue weighted by Gasteiger charge is -2.09. The summed E-state index contributed by atoms with van der Waals surface area (Å²) in [4.78, 5) is 12.1. The molecule has 5 nitrogen and oxygen atoms in total. The molecule has 3 aromatic rings. The summed E-state index contributed by atoms with van der Waals surface area (Å²) in [7, 11) is 0. The summed E-state index contributed by atoms with van der Waals surface area (Å²) in [5.74, 6) is 0.672. The van der Waals surface area contributed by atoms with Crippen molar-refractivity contribution in [2.75, 3.05) is 11.1 Å². The van der Waals surface area contributed by atoms with Crippen molar-refractivity contribution < 1.29 is 9.21 Å². The molecule has 0 bridgehead atoms. The number of rotatable bonds is 6. The maximum absolute atomic E-state index is 12.1. The SMILES string of the molecule is Cc1cccc(NC(=O)CSc2nnc(Cc3ccccc3)o2)c1C. The Morgan fingerprint density at radius 3 is 2.68 bits per heavy atom. The van der Waals surface area contributed by atoms with E-state index >= 15 is 0 Å². The van der Waals surface area contributed by atoms with Crippen molar-refractivity contribution in [3.8, 4) is 0 Å². The Bertz CT molecular complexity index is 862. The van der Waals surface area contributed by atoms with E-state index < -0.39 is 0 Å². The lowest BCUT2D eigenvalue weighted by molar-refractivity contribution is -0.113. The van der Waals surface area contributed by atoms with Crippen LogP contribution in [0.4, 0.5) is 5.69 Å². The van der Waals surface area contributed by atoms with Gasteiger partial charge in [-0.2, -0.15) is 0 Å². The van der Waals surface area contributed by atoms with E-state index in [1.54, 1.807) is 0 Å². The first-order chi connectivity index (χ1) is 12.1. The summed E-state index contributed by atoms with van der Waals surface area (Å²) in [6.07, 6.45) is 0.586. The molecule has 0 radical (unpaired) electrons. The van der Waals surface area contributed by atoms with Crippen LogP contribution in [-0.4, -0.2) is 21.9 Å². The highest BCUT2D eigenvalue weighted by atomic mass is 32.2. The fraction of sp³-hybridized carbons (Fsp3) is 0.211. The van der Waals surface area contributed by atoms with E-state index in [0.717, 1.165) is 22.4 Å². The zero-order valence-corrected chi connectivity index (χ0v) is 15.0. The van der Waals surface area contributed by atoms with Crippen molar-refractivity contribution >= 4 is 23.4 Å². The lowest BCUT2D eigenvalue weighted by Crippen LogP contribution is -2.15.